The van der Waals surface area contributed by atoms with E-state index in [0.29, 0.717) is 6.10 Å². The second kappa shape index (κ2) is 4.91. The van der Waals surface area contributed by atoms with Crippen molar-refractivity contribution in [2.45, 2.75) is 53.1 Å². The van der Waals surface area contributed by atoms with E-state index < -0.39 is 0 Å². The number of allylic oxidation sites excluding steroid dienone is 2. The first kappa shape index (κ1) is 12.2. The molecule has 0 aromatic heterocycles. The molecule has 1 heterocycles. The Bertz CT molecular complexity index is 269. The fourth-order valence-electron chi connectivity index (χ4n) is 3.42. The molecule has 1 nitrogen and oxygen atoms in total. The molecule has 0 aromatic carbocycles. The first-order valence-electron chi connectivity index (χ1n) is 6.86. The van der Waals surface area contributed by atoms with Gasteiger partial charge in [0.1, 0.15) is 0 Å². The molecule has 0 bridgehead atoms. The summed E-state index contributed by atoms with van der Waals surface area (Å²) in [5.74, 6) is 3.13. The maximum atomic E-state index is 5.91. The summed E-state index contributed by atoms with van der Waals surface area (Å²) in [7, 11) is 0. The molecule has 5 unspecified atom stereocenters. The van der Waals surface area contributed by atoms with E-state index in [0.717, 1.165) is 30.3 Å². The fourth-order valence-corrected chi connectivity index (χ4v) is 3.42. The molecular weight excluding hydrogens is 196 g/mol. The summed E-state index contributed by atoms with van der Waals surface area (Å²) in [5, 5.41) is 0. The van der Waals surface area contributed by atoms with Crippen molar-refractivity contribution >= 4 is 0 Å². The van der Waals surface area contributed by atoms with Crippen LogP contribution in [0.25, 0.3) is 0 Å². The van der Waals surface area contributed by atoms with Gasteiger partial charge in [0.2, 0.25) is 0 Å². The highest BCUT2D eigenvalue weighted by Gasteiger charge is 2.35. The van der Waals surface area contributed by atoms with E-state index in [-0.39, 0.29) is 0 Å². The van der Waals surface area contributed by atoms with Crippen molar-refractivity contribution in [3.63, 3.8) is 0 Å². The zero-order valence-electron chi connectivity index (χ0n) is 11.2. The summed E-state index contributed by atoms with van der Waals surface area (Å²) >= 11 is 0. The zero-order chi connectivity index (χ0) is 11.7. The minimum atomic E-state index is 0.454. The third kappa shape index (κ3) is 2.51. The van der Waals surface area contributed by atoms with Gasteiger partial charge in [-0.2, -0.15) is 0 Å². The van der Waals surface area contributed by atoms with Crippen molar-refractivity contribution in [1.29, 1.82) is 0 Å². The summed E-state index contributed by atoms with van der Waals surface area (Å²) in [4.78, 5) is 0. The molecule has 2 rings (SSSR count). The van der Waals surface area contributed by atoms with E-state index in [1.54, 1.807) is 5.57 Å². The molecule has 5 atom stereocenters. The molecule has 2 aliphatic rings. The maximum absolute atomic E-state index is 5.91. The average Bonchev–Trinajstić information content (AvgIpc) is 2.25. The van der Waals surface area contributed by atoms with Gasteiger partial charge in [-0.3, -0.25) is 0 Å². The van der Waals surface area contributed by atoms with E-state index in [1.165, 1.54) is 19.3 Å². The number of rotatable bonds is 1. The van der Waals surface area contributed by atoms with Crippen LogP contribution < -0.4 is 0 Å². The lowest BCUT2D eigenvalue weighted by Gasteiger charge is -2.41. The molecule has 1 fully saturated rings. The van der Waals surface area contributed by atoms with E-state index in [2.05, 4.69) is 33.8 Å². The Morgan fingerprint density at radius 2 is 1.88 bits per heavy atom. The molecule has 1 saturated heterocycles. The zero-order valence-corrected chi connectivity index (χ0v) is 11.2. The lowest BCUT2D eigenvalue weighted by Crippen LogP contribution is -2.38. The summed E-state index contributed by atoms with van der Waals surface area (Å²) in [5.41, 5.74) is 1.62. The molecule has 1 aliphatic carbocycles. The van der Waals surface area contributed by atoms with E-state index in [9.17, 15) is 0 Å². The fraction of sp³-hybridized carbons (Fsp3) is 0.867. The summed E-state index contributed by atoms with van der Waals surface area (Å²) < 4.78 is 5.91. The summed E-state index contributed by atoms with van der Waals surface area (Å²) in [6.45, 7) is 10.3. The minimum Gasteiger partial charge on any atom is -0.378 e. The van der Waals surface area contributed by atoms with Gasteiger partial charge in [-0.1, -0.05) is 25.5 Å². The van der Waals surface area contributed by atoms with Gasteiger partial charge in [-0.15, -0.1) is 0 Å². The Morgan fingerprint density at radius 3 is 2.62 bits per heavy atom. The summed E-state index contributed by atoms with van der Waals surface area (Å²) in [6, 6.07) is 0. The monoisotopic (exact) mass is 222 g/mol. The molecule has 0 radical (unpaired) electrons. The van der Waals surface area contributed by atoms with Crippen LogP contribution in [0.2, 0.25) is 0 Å². The van der Waals surface area contributed by atoms with Crippen molar-refractivity contribution in [3.8, 4) is 0 Å². The second-order valence-corrected chi connectivity index (χ2v) is 6.17. The highest BCUT2D eigenvalue weighted by molar-refractivity contribution is 5.10. The Hall–Kier alpha value is -0.300. The molecule has 92 valence electrons. The molecule has 16 heavy (non-hydrogen) atoms. The third-order valence-electron chi connectivity index (χ3n) is 4.52. The topological polar surface area (TPSA) is 9.23 Å². The van der Waals surface area contributed by atoms with E-state index in [1.807, 2.05) is 0 Å². The van der Waals surface area contributed by atoms with E-state index in [4.69, 9.17) is 4.74 Å². The quantitative estimate of drug-likeness (QED) is 0.608. The van der Waals surface area contributed by atoms with Crippen LogP contribution in [0.15, 0.2) is 11.6 Å². The largest absolute Gasteiger partial charge is 0.378 e. The molecule has 1 aliphatic heterocycles. The average molecular weight is 222 g/mol. The first-order valence-corrected chi connectivity index (χ1v) is 6.86. The molecule has 0 N–H and O–H groups in total. The number of hydrogen-bond donors (Lipinski definition) is 0. The van der Waals surface area contributed by atoms with Crippen LogP contribution >= 0.6 is 0 Å². The Morgan fingerprint density at radius 1 is 1.12 bits per heavy atom. The van der Waals surface area contributed by atoms with Gasteiger partial charge in [0.05, 0.1) is 6.10 Å². The van der Waals surface area contributed by atoms with Crippen molar-refractivity contribution in [3.05, 3.63) is 11.6 Å². The van der Waals surface area contributed by atoms with Crippen molar-refractivity contribution in [2.75, 3.05) is 6.61 Å². The van der Waals surface area contributed by atoms with Gasteiger partial charge in [0, 0.05) is 6.61 Å². The molecule has 1 heteroatoms. The summed E-state index contributed by atoms with van der Waals surface area (Å²) in [6.07, 6.45) is 6.91. The SMILES string of the molecule is CC1=CCC(C)CC1C1CC(C)COC1C. The van der Waals surface area contributed by atoms with Crippen LogP contribution in [0.4, 0.5) is 0 Å². The Kier molecular flexibility index (Phi) is 3.73. The van der Waals surface area contributed by atoms with Crippen molar-refractivity contribution < 1.29 is 4.74 Å². The van der Waals surface area contributed by atoms with Crippen LogP contribution in [0, 0.1) is 23.7 Å². The van der Waals surface area contributed by atoms with E-state index >= 15 is 0 Å². The van der Waals surface area contributed by atoms with Crippen molar-refractivity contribution in [2.24, 2.45) is 23.7 Å². The van der Waals surface area contributed by atoms with Gasteiger partial charge in [-0.25, -0.2) is 0 Å². The van der Waals surface area contributed by atoms with Crippen LogP contribution in [0.1, 0.15) is 47.0 Å². The molecule has 0 aromatic rings. The lowest BCUT2D eigenvalue weighted by molar-refractivity contribution is -0.0588. The van der Waals surface area contributed by atoms with Gasteiger partial charge in [0.15, 0.2) is 0 Å². The van der Waals surface area contributed by atoms with Gasteiger partial charge in [0.25, 0.3) is 0 Å². The van der Waals surface area contributed by atoms with Crippen LogP contribution in [0.5, 0.6) is 0 Å². The maximum Gasteiger partial charge on any atom is 0.0581 e. The minimum absolute atomic E-state index is 0.454. The second-order valence-electron chi connectivity index (χ2n) is 6.17. The highest BCUT2D eigenvalue weighted by Crippen LogP contribution is 2.40. The van der Waals surface area contributed by atoms with Crippen LogP contribution in [0.3, 0.4) is 0 Å². The normalized spacial score (nSPS) is 45.2. The van der Waals surface area contributed by atoms with Crippen molar-refractivity contribution in [1.82, 2.24) is 0 Å². The van der Waals surface area contributed by atoms with Gasteiger partial charge < -0.3 is 4.74 Å². The highest BCUT2D eigenvalue weighted by atomic mass is 16.5. The van der Waals surface area contributed by atoms with Gasteiger partial charge >= 0.3 is 0 Å². The number of hydrogen-bond acceptors (Lipinski definition) is 1. The van der Waals surface area contributed by atoms with Crippen LogP contribution in [-0.2, 0) is 4.74 Å². The third-order valence-corrected chi connectivity index (χ3v) is 4.52. The predicted molar refractivity (Wildman–Crippen MR) is 68.3 cm³/mol. The molecular formula is C15H26O. The predicted octanol–water partition coefficient (Wildman–Crippen LogP) is 4.04. The standard InChI is InChI=1S/C15H26O/c1-10-5-6-12(3)14(7-10)15-8-11(2)9-16-13(15)4/h6,10-11,13-15H,5,7-9H2,1-4H3. The Labute approximate surface area is 100 Å². The first-order chi connectivity index (χ1) is 7.58. The molecule has 0 amide bonds. The molecule has 0 saturated carbocycles. The molecule has 0 spiro atoms. The van der Waals surface area contributed by atoms with Crippen LogP contribution in [-0.4, -0.2) is 12.7 Å². The lowest BCUT2D eigenvalue weighted by atomic mass is 9.70. The smallest absolute Gasteiger partial charge is 0.0581 e. The number of ether oxygens (including phenoxy) is 1. The van der Waals surface area contributed by atoms with Gasteiger partial charge in [-0.05, 0) is 56.8 Å². The Balaban J connectivity index is 2.09.